The van der Waals surface area contributed by atoms with Crippen molar-refractivity contribution < 1.29 is 5.11 Å². The molecule has 0 heterocycles. The Bertz CT molecular complexity index is 315. The van der Waals surface area contributed by atoms with Gasteiger partial charge in [-0.2, -0.15) is 5.26 Å². The van der Waals surface area contributed by atoms with Gasteiger partial charge in [0, 0.05) is 0 Å². The Morgan fingerprint density at radius 2 is 1.63 bits per heavy atom. The standard InChI is InChI=1S/C17H29NO/c1-2-7-15-8-12-17(19,13-9-15)16(14-18)10-5-3-4-6-11-16/h15,19H,2-13H2,1H3. The van der Waals surface area contributed by atoms with E-state index < -0.39 is 11.0 Å². The van der Waals surface area contributed by atoms with E-state index in [9.17, 15) is 10.4 Å². The maximum Gasteiger partial charge on any atom is 0.0860 e. The highest BCUT2D eigenvalue weighted by Crippen LogP contribution is 2.51. The Hall–Kier alpha value is -0.550. The quantitative estimate of drug-likeness (QED) is 0.758. The summed E-state index contributed by atoms with van der Waals surface area (Å²) < 4.78 is 0. The molecule has 0 aromatic rings. The lowest BCUT2D eigenvalue weighted by molar-refractivity contribution is -0.0978. The minimum absolute atomic E-state index is 0.444. The van der Waals surface area contributed by atoms with Crippen molar-refractivity contribution in [2.45, 2.75) is 89.6 Å². The van der Waals surface area contributed by atoms with Gasteiger partial charge in [0.1, 0.15) is 0 Å². The van der Waals surface area contributed by atoms with Crippen molar-refractivity contribution in [1.29, 1.82) is 5.26 Å². The van der Waals surface area contributed by atoms with Crippen LogP contribution in [0.25, 0.3) is 0 Å². The van der Waals surface area contributed by atoms with E-state index in [1.54, 1.807) is 0 Å². The van der Waals surface area contributed by atoms with Crippen LogP contribution in [0.2, 0.25) is 0 Å². The Labute approximate surface area is 118 Å². The van der Waals surface area contributed by atoms with Crippen molar-refractivity contribution in [1.82, 2.24) is 0 Å². The molecule has 0 unspecified atom stereocenters. The molecular formula is C17H29NO. The second kappa shape index (κ2) is 6.27. The summed E-state index contributed by atoms with van der Waals surface area (Å²) in [4.78, 5) is 0. The second-order valence-corrected chi connectivity index (χ2v) is 6.87. The van der Waals surface area contributed by atoms with E-state index in [2.05, 4.69) is 13.0 Å². The van der Waals surface area contributed by atoms with Gasteiger partial charge < -0.3 is 5.11 Å². The van der Waals surface area contributed by atoms with Crippen LogP contribution in [-0.2, 0) is 0 Å². The number of rotatable bonds is 3. The molecule has 19 heavy (non-hydrogen) atoms. The van der Waals surface area contributed by atoms with Gasteiger partial charge in [-0.15, -0.1) is 0 Å². The molecule has 0 spiro atoms. The Morgan fingerprint density at radius 1 is 1.05 bits per heavy atom. The summed E-state index contributed by atoms with van der Waals surface area (Å²) in [6.07, 6.45) is 13.0. The molecule has 108 valence electrons. The number of nitrogens with zero attached hydrogens (tertiary/aromatic N) is 1. The van der Waals surface area contributed by atoms with Crippen LogP contribution in [0.3, 0.4) is 0 Å². The average Bonchev–Trinajstić information content (AvgIpc) is 2.68. The summed E-state index contributed by atoms with van der Waals surface area (Å²) in [5.41, 5.74) is -1.14. The lowest BCUT2D eigenvalue weighted by Crippen LogP contribution is -2.49. The zero-order valence-corrected chi connectivity index (χ0v) is 12.5. The van der Waals surface area contributed by atoms with Gasteiger partial charge in [-0.05, 0) is 44.4 Å². The average molecular weight is 263 g/mol. The van der Waals surface area contributed by atoms with Crippen LogP contribution in [0, 0.1) is 22.7 Å². The van der Waals surface area contributed by atoms with E-state index in [0.29, 0.717) is 0 Å². The molecule has 0 aromatic carbocycles. The van der Waals surface area contributed by atoms with Gasteiger partial charge in [0.25, 0.3) is 0 Å². The maximum atomic E-state index is 11.1. The molecule has 2 nitrogen and oxygen atoms in total. The number of hydrogen-bond donors (Lipinski definition) is 1. The zero-order chi connectivity index (χ0) is 13.8. The minimum atomic E-state index is -0.698. The first-order chi connectivity index (χ1) is 9.16. The van der Waals surface area contributed by atoms with Gasteiger partial charge in [-0.25, -0.2) is 0 Å². The summed E-state index contributed by atoms with van der Waals surface area (Å²) in [5, 5.41) is 20.9. The Balaban J connectivity index is 2.07. The third-order valence-corrected chi connectivity index (χ3v) is 5.69. The van der Waals surface area contributed by atoms with Crippen molar-refractivity contribution in [3.05, 3.63) is 0 Å². The van der Waals surface area contributed by atoms with Crippen molar-refractivity contribution >= 4 is 0 Å². The van der Waals surface area contributed by atoms with Crippen LogP contribution in [0.15, 0.2) is 0 Å². The summed E-state index contributed by atoms with van der Waals surface area (Å²) in [6, 6.07) is 2.56. The van der Waals surface area contributed by atoms with Crippen LogP contribution in [-0.4, -0.2) is 10.7 Å². The Morgan fingerprint density at radius 3 is 2.11 bits per heavy atom. The van der Waals surface area contributed by atoms with E-state index in [1.807, 2.05) is 0 Å². The first-order valence-electron chi connectivity index (χ1n) is 8.29. The second-order valence-electron chi connectivity index (χ2n) is 6.87. The van der Waals surface area contributed by atoms with Gasteiger partial charge in [-0.1, -0.05) is 45.4 Å². The molecule has 2 saturated carbocycles. The van der Waals surface area contributed by atoms with E-state index in [1.165, 1.54) is 25.7 Å². The molecule has 0 amide bonds. The molecule has 0 aliphatic heterocycles. The monoisotopic (exact) mass is 263 g/mol. The molecular weight excluding hydrogens is 234 g/mol. The molecule has 0 aromatic heterocycles. The molecule has 2 rings (SSSR count). The topological polar surface area (TPSA) is 44.0 Å². The molecule has 0 radical (unpaired) electrons. The number of nitriles is 1. The van der Waals surface area contributed by atoms with Gasteiger partial charge >= 0.3 is 0 Å². The predicted octanol–water partition coefficient (Wildman–Crippen LogP) is 4.57. The van der Waals surface area contributed by atoms with Crippen LogP contribution in [0.1, 0.15) is 84.0 Å². The molecule has 2 aliphatic carbocycles. The molecule has 1 N–H and O–H groups in total. The van der Waals surface area contributed by atoms with Crippen LogP contribution < -0.4 is 0 Å². The molecule has 0 atom stereocenters. The first kappa shape index (κ1) is 14.9. The predicted molar refractivity (Wildman–Crippen MR) is 77.6 cm³/mol. The lowest BCUT2D eigenvalue weighted by Gasteiger charge is -2.46. The zero-order valence-electron chi connectivity index (χ0n) is 12.5. The third kappa shape index (κ3) is 2.97. The Kier molecular flexibility index (Phi) is 4.90. The highest BCUT2D eigenvalue weighted by molar-refractivity contribution is 5.13. The number of aliphatic hydroxyl groups is 1. The normalized spacial score (nSPS) is 35.3. The fraction of sp³-hybridized carbons (Fsp3) is 0.941. The molecule has 2 heteroatoms. The first-order valence-corrected chi connectivity index (χ1v) is 8.29. The summed E-state index contributed by atoms with van der Waals surface area (Å²) in [5.74, 6) is 0.784. The van der Waals surface area contributed by atoms with Crippen LogP contribution >= 0.6 is 0 Å². The van der Waals surface area contributed by atoms with E-state index in [0.717, 1.165) is 57.3 Å². The van der Waals surface area contributed by atoms with E-state index in [-0.39, 0.29) is 0 Å². The molecule has 2 fully saturated rings. The summed E-state index contributed by atoms with van der Waals surface area (Å²) in [6.45, 7) is 2.24. The number of hydrogen-bond acceptors (Lipinski definition) is 2. The van der Waals surface area contributed by atoms with Crippen LogP contribution in [0.5, 0.6) is 0 Å². The van der Waals surface area contributed by atoms with Crippen molar-refractivity contribution in [2.24, 2.45) is 11.3 Å². The lowest BCUT2D eigenvalue weighted by atomic mass is 9.60. The molecule has 2 aliphatic rings. The minimum Gasteiger partial charge on any atom is -0.388 e. The van der Waals surface area contributed by atoms with E-state index >= 15 is 0 Å². The van der Waals surface area contributed by atoms with E-state index in [4.69, 9.17) is 0 Å². The fourth-order valence-electron chi connectivity index (χ4n) is 4.34. The van der Waals surface area contributed by atoms with Crippen LogP contribution in [0.4, 0.5) is 0 Å². The maximum absolute atomic E-state index is 11.1. The summed E-state index contributed by atoms with van der Waals surface area (Å²) >= 11 is 0. The van der Waals surface area contributed by atoms with Gasteiger partial charge in [0.2, 0.25) is 0 Å². The third-order valence-electron chi connectivity index (χ3n) is 5.69. The molecule has 0 bridgehead atoms. The highest BCUT2D eigenvalue weighted by Gasteiger charge is 2.51. The summed E-state index contributed by atoms with van der Waals surface area (Å²) in [7, 11) is 0. The van der Waals surface area contributed by atoms with Gasteiger partial charge in [0.05, 0.1) is 17.1 Å². The van der Waals surface area contributed by atoms with Crippen molar-refractivity contribution in [3.8, 4) is 6.07 Å². The largest absolute Gasteiger partial charge is 0.388 e. The van der Waals surface area contributed by atoms with Gasteiger partial charge in [0.15, 0.2) is 0 Å². The van der Waals surface area contributed by atoms with Crippen molar-refractivity contribution in [2.75, 3.05) is 0 Å². The molecule has 0 saturated heterocycles. The highest BCUT2D eigenvalue weighted by atomic mass is 16.3. The smallest absolute Gasteiger partial charge is 0.0860 e. The van der Waals surface area contributed by atoms with Crippen molar-refractivity contribution in [3.63, 3.8) is 0 Å². The van der Waals surface area contributed by atoms with Gasteiger partial charge in [-0.3, -0.25) is 0 Å². The SMILES string of the molecule is CCCC1CCC(O)(C2(C#N)CCCCCC2)CC1. The fourth-order valence-corrected chi connectivity index (χ4v) is 4.34.